The number of rotatable bonds is 62. The van der Waals surface area contributed by atoms with Crippen LogP contribution in [0.15, 0.2) is 85.1 Å². The maximum absolute atomic E-state index is 13.0. The highest BCUT2D eigenvalue weighted by Gasteiger charge is 2.19. The third kappa shape index (κ3) is 65.3. The minimum Gasteiger partial charge on any atom is -0.462 e. The third-order valence-corrected chi connectivity index (χ3v) is 14.9. The molecular formula is C73H128O6. The van der Waals surface area contributed by atoms with Crippen molar-refractivity contribution >= 4 is 17.9 Å². The quantitative estimate of drug-likeness (QED) is 0.0261. The van der Waals surface area contributed by atoms with E-state index in [1.54, 1.807) is 0 Å². The van der Waals surface area contributed by atoms with Gasteiger partial charge in [-0.05, 0) is 116 Å². The molecule has 0 heterocycles. The van der Waals surface area contributed by atoms with E-state index in [0.717, 1.165) is 96.3 Å². The van der Waals surface area contributed by atoms with Gasteiger partial charge in [-0.15, -0.1) is 0 Å². The van der Waals surface area contributed by atoms with Crippen LogP contribution < -0.4 is 0 Å². The van der Waals surface area contributed by atoms with E-state index >= 15 is 0 Å². The maximum atomic E-state index is 13.0. The van der Waals surface area contributed by atoms with Crippen LogP contribution >= 0.6 is 0 Å². The summed E-state index contributed by atoms with van der Waals surface area (Å²) in [5, 5.41) is 0. The van der Waals surface area contributed by atoms with Crippen LogP contribution in [0.2, 0.25) is 0 Å². The fourth-order valence-corrected chi connectivity index (χ4v) is 9.76. The molecule has 6 nitrogen and oxygen atoms in total. The third-order valence-electron chi connectivity index (χ3n) is 14.9. The summed E-state index contributed by atoms with van der Waals surface area (Å²) in [5.74, 6) is -0.878. The number of esters is 3. The van der Waals surface area contributed by atoms with Gasteiger partial charge >= 0.3 is 17.9 Å². The first-order valence-electron chi connectivity index (χ1n) is 34.1. The lowest BCUT2D eigenvalue weighted by atomic mass is 10.0. The molecule has 0 bridgehead atoms. The number of hydrogen-bond acceptors (Lipinski definition) is 6. The number of hydrogen-bond donors (Lipinski definition) is 0. The van der Waals surface area contributed by atoms with Crippen molar-refractivity contribution in [2.24, 2.45) is 0 Å². The van der Waals surface area contributed by atoms with Crippen LogP contribution in [0.25, 0.3) is 0 Å². The molecule has 0 aromatic rings. The van der Waals surface area contributed by atoms with Crippen molar-refractivity contribution in [1.82, 2.24) is 0 Å². The second kappa shape index (κ2) is 67.1. The summed E-state index contributed by atoms with van der Waals surface area (Å²) >= 11 is 0. The zero-order valence-electron chi connectivity index (χ0n) is 52.4. The molecule has 0 rings (SSSR count). The molecule has 0 aliphatic rings. The van der Waals surface area contributed by atoms with Gasteiger partial charge in [-0.25, -0.2) is 0 Å². The summed E-state index contributed by atoms with van der Waals surface area (Å²) in [4.78, 5) is 38.4. The number of carbonyl (C=O) groups excluding carboxylic acids is 3. The zero-order valence-corrected chi connectivity index (χ0v) is 52.4. The first-order valence-corrected chi connectivity index (χ1v) is 34.1. The second-order valence-corrected chi connectivity index (χ2v) is 22.7. The average Bonchev–Trinajstić information content (AvgIpc) is 3.45. The van der Waals surface area contributed by atoms with Gasteiger partial charge in [-0.1, -0.05) is 292 Å². The van der Waals surface area contributed by atoms with Gasteiger partial charge in [0, 0.05) is 19.3 Å². The maximum Gasteiger partial charge on any atom is 0.306 e. The molecule has 0 fully saturated rings. The van der Waals surface area contributed by atoms with E-state index < -0.39 is 6.10 Å². The zero-order chi connectivity index (χ0) is 57.1. The number of unbranched alkanes of at least 4 members (excludes halogenated alkanes) is 37. The molecule has 1 atom stereocenters. The Morgan fingerprint density at radius 2 is 0.494 bits per heavy atom. The lowest BCUT2D eigenvalue weighted by molar-refractivity contribution is -0.167. The average molecular weight is 1100 g/mol. The van der Waals surface area contributed by atoms with Crippen molar-refractivity contribution in [2.45, 2.75) is 348 Å². The first kappa shape index (κ1) is 75.6. The van der Waals surface area contributed by atoms with Crippen LogP contribution in [-0.4, -0.2) is 37.2 Å². The molecule has 0 N–H and O–H groups in total. The molecule has 6 heteroatoms. The van der Waals surface area contributed by atoms with E-state index in [1.807, 2.05) is 0 Å². The summed E-state index contributed by atoms with van der Waals surface area (Å²) in [7, 11) is 0. The van der Waals surface area contributed by atoms with Crippen LogP contribution in [0.4, 0.5) is 0 Å². The Balaban J connectivity index is 4.35. The van der Waals surface area contributed by atoms with E-state index in [0.29, 0.717) is 19.3 Å². The summed E-state index contributed by atoms with van der Waals surface area (Å²) in [6.45, 7) is 6.54. The molecule has 1 unspecified atom stereocenters. The largest absolute Gasteiger partial charge is 0.462 e. The van der Waals surface area contributed by atoms with E-state index in [2.05, 4.69) is 106 Å². The molecule has 0 aromatic heterocycles. The minimum atomic E-state index is -0.785. The normalized spacial score (nSPS) is 12.6. The van der Waals surface area contributed by atoms with Gasteiger partial charge < -0.3 is 14.2 Å². The van der Waals surface area contributed by atoms with Crippen LogP contribution in [0.3, 0.4) is 0 Å². The summed E-state index contributed by atoms with van der Waals surface area (Å²) < 4.78 is 17.0. The van der Waals surface area contributed by atoms with E-state index in [-0.39, 0.29) is 31.1 Å². The molecule has 0 aliphatic heterocycles. The van der Waals surface area contributed by atoms with Crippen LogP contribution in [-0.2, 0) is 28.6 Å². The van der Waals surface area contributed by atoms with Gasteiger partial charge in [-0.2, -0.15) is 0 Å². The lowest BCUT2D eigenvalue weighted by Crippen LogP contribution is -2.30. The fraction of sp³-hybridized carbons (Fsp3) is 0.767. The molecule has 0 aliphatic carbocycles. The Morgan fingerprint density at radius 3 is 0.785 bits per heavy atom. The van der Waals surface area contributed by atoms with Gasteiger partial charge in [0.25, 0.3) is 0 Å². The Hall–Kier alpha value is -3.41. The Bertz CT molecular complexity index is 1500. The Labute approximate surface area is 490 Å². The predicted octanol–water partition coefficient (Wildman–Crippen LogP) is 23.4. The summed E-state index contributed by atoms with van der Waals surface area (Å²) in [5.41, 5.74) is 0. The van der Waals surface area contributed by atoms with E-state index in [9.17, 15) is 14.4 Å². The standard InChI is InChI=1S/C73H128O6/c1-4-7-10-13-16-19-22-25-28-30-32-34-36-38-40-42-45-48-51-54-57-60-63-66-72(75)78-69-70(68-77-71(74)65-62-59-56-53-50-47-44-27-24-21-18-15-12-9-6-3)79-73(76)67-64-61-58-55-52-49-46-43-41-39-37-35-33-31-29-26-23-20-17-14-11-8-5-2/h7,10,16,19,23,25-28,31-34,44,70H,4-6,8-9,11-15,17-18,20-22,24,29-30,35-43,45-69H2,1-3H3/b10-7-,19-16-,26-23-,28-25-,33-31-,34-32-,44-27-. The second-order valence-electron chi connectivity index (χ2n) is 22.7. The molecular weight excluding hydrogens is 973 g/mol. The smallest absolute Gasteiger partial charge is 0.306 e. The van der Waals surface area contributed by atoms with Crippen molar-refractivity contribution in [1.29, 1.82) is 0 Å². The van der Waals surface area contributed by atoms with Gasteiger partial charge in [0.05, 0.1) is 0 Å². The Kier molecular flexibility index (Phi) is 64.2. The van der Waals surface area contributed by atoms with Crippen molar-refractivity contribution in [2.75, 3.05) is 13.2 Å². The molecule has 0 saturated heterocycles. The number of allylic oxidation sites excluding steroid dienone is 14. The number of ether oxygens (including phenoxy) is 3. The molecule has 0 saturated carbocycles. The van der Waals surface area contributed by atoms with Crippen molar-refractivity contribution < 1.29 is 28.6 Å². The van der Waals surface area contributed by atoms with Crippen molar-refractivity contribution in [3.8, 4) is 0 Å². The molecule has 0 aromatic carbocycles. The molecule has 456 valence electrons. The van der Waals surface area contributed by atoms with Gasteiger partial charge in [0.2, 0.25) is 0 Å². The monoisotopic (exact) mass is 1100 g/mol. The van der Waals surface area contributed by atoms with Crippen LogP contribution in [0, 0.1) is 0 Å². The molecule has 79 heavy (non-hydrogen) atoms. The fourth-order valence-electron chi connectivity index (χ4n) is 9.76. The van der Waals surface area contributed by atoms with Gasteiger partial charge in [0.15, 0.2) is 6.10 Å². The predicted molar refractivity (Wildman–Crippen MR) is 344 cm³/mol. The highest BCUT2D eigenvalue weighted by Crippen LogP contribution is 2.17. The summed E-state index contributed by atoms with van der Waals surface area (Å²) in [6, 6.07) is 0. The SMILES string of the molecule is CC/C=C\C/C=C\C/C=C\C/C=C\CCCCCCCCCCCCC(=O)OCC(COC(=O)CCCCCCC/C=C\CCCCCCCC)OC(=O)CCCCCCCCCCCCC/C=C\C/C=C\CCCCCCC. The Morgan fingerprint density at radius 1 is 0.266 bits per heavy atom. The lowest BCUT2D eigenvalue weighted by Gasteiger charge is -2.18. The van der Waals surface area contributed by atoms with Crippen LogP contribution in [0.1, 0.15) is 342 Å². The van der Waals surface area contributed by atoms with Crippen molar-refractivity contribution in [3.05, 3.63) is 85.1 Å². The van der Waals surface area contributed by atoms with E-state index in [4.69, 9.17) is 14.2 Å². The van der Waals surface area contributed by atoms with Crippen LogP contribution in [0.5, 0.6) is 0 Å². The van der Waals surface area contributed by atoms with E-state index in [1.165, 1.54) is 205 Å². The molecule has 0 amide bonds. The first-order chi connectivity index (χ1) is 39.0. The topological polar surface area (TPSA) is 78.9 Å². The minimum absolute atomic E-state index is 0.0804. The van der Waals surface area contributed by atoms with Crippen molar-refractivity contribution in [3.63, 3.8) is 0 Å². The summed E-state index contributed by atoms with van der Waals surface area (Å²) in [6.07, 6.45) is 88.8. The highest BCUT2D eigenvalue weighted by atomic mass is 16.6. The molecule has 0 spiro atoms. The van der Waals surface area contributed by atoms with Gasteiger partial charge in [-0.3, -0.25) is 14.4 Å². The molecule has 0 radical (unpaired) electrons. The van der Waals surface area contributed by atoms with Gasteiger partial charge in [0.1, 0.15) is 13.2 Å². The number of carbonyl (C=O) groups is 3. The highest BCUT2D eigenvalue weighted by molar-refractivity contribution is 5.71.